The number of hydrogen-bond donors (Lipinski definition) is 0. The predicted molar refractivity (Wildman–Crippen MR) is 66.5 cm³/mol. The van der Waals surface area contributed by atoms with Crippen molar-refractivity contribution in [3.05, 3.63) is 35.4 Å². The van der Waals surface area contributed by atoms with E-state index in [1.807, 2.05) is 0 Å². The molecule has 2 unspecified atom stereocenters. The fraction of sp³-hybridized carbons (Fsp3) is 0.571. The molecule has 88 valence electrons. The minimum absolute atomic E-state index is 0.361. The molecule has 0 saturated carbocycles. The molecule has 0 bridgehead atoms. The molecule has 0 aromatic heterocycles. The topological polar surface area (TPSA) is 12.5 Å². The van der Waals surface area contributed by atoms with Crippen molar-refractivity contribution in [2.45, 2.75) is 39.5 Å². The quantitative estimate of drug-likeness (QED) is 0.758. The summed E-state index contributed by atoms with van der Waals surface area (Å²) in [7, 11) is 0. The molecule has 0 spiro atoms. The van der Waals surface area contributed by atoms with Crippen LogP contribution in [0, 0.1) is 6.92 Å². The molecule has 2 nitrogen and oxygen atoms in total. The number of hydrogen-bond acceptors (Lipinski definition) is 2. The van der Waals surface area contributed by atoms with Crippen LogP contribution in [0.5, 0.6) is 0 Å². The van der Waals surface area contributed by atoms with Gasteiger partial charge >= 0.3 is 0 Å². The molecule has 1 aromatic carbocycles. The number of morpholine rings is 1. The lowest BCUT2D eigenvalue weighted by molar-refractivity contribution is -0.0527. The van der Waals surface area contributed by atoms with Gasteiger partial charge in [-0.2, -0.15) is 0 Å². The molecule has 1 fully saturated rings. The van der Waals surface area contributed by atoms with Crippen LogP contribution in [0.15, 0.2) is 24.3 Å². The number of ether oxygens (including phenoxy) is 1. The van der Waals surface area contributed by atoms with Gasteiger partial charge in [0.05, 0.1) is 12.7 Å². The van der Waals surface area contributed by atoms with Crippen LogP contribution in [0.25, 0.3) is 0 Å². The zero-order chi connectivity index (χ0) is 11.5. The van der Waals surface area contributed by atoms with Gasteiger partial charge in [0, 0.05) is 19.1 Å². The molecule has 1 heterocycles. The Balaban J connectivity index is 2.06. The molecule has 2 atom stereocenters. The Bertz CT molecular complexity index is 350. The second kappa shape index (κ2) is 4.98. The maximum absolute atomic E-state index is 5.65. The lowest BCUT2D eigenvalue weighted by atomic mass is 10.1. The second-order valence-electron chi connectivity index (χ2n) is 4.85. The van der Waals surface area contributed by atoms with E-state index >= 15 is 0 Å². The van der Waals surface area contributed by atoms with Gasteiger partial charge in [0.1, 0.15) is 0 Å². The van der Waals surface area contributed by atoms with Gasteiger partial charge in [-0.15, -0.1) is 0 Å². The summed E-state index contributed by atoms with van der Waals surface area (Å²) >= 11 is 0. The number of benzene rings is 1. The highest BCUT2D eigenvalue weighted by molar-refractivity contribution is 5.25. The summed E-state index contributed by atoms with van der Waals surface area (Å²) in [6, 6.07) is 9.16. The fourth-order valence-corrected chi connectivity index (χ4v) is 2.20. The van der Waals surface area contributed by atoms with Gasteiger partial charge in [-0.05, 0) is 31.9 Å². The summed E-state index contributed by atoms with van der Waals surface area (Å²) in [6.07, 6.45) is 0.361. The first-order chi connectivity index (χ1) is 7.66. The van der Waals surface area contributed by atoms with Crippen molar-refractivity contribution in [2.24, 2.45) is 0 Å². The fourth-order valence-electron chi connectivity index (χ4n) is 2.20. The van der Waals surface area contributed by atoms with Gasteiger partial charge in [0.25, 0.3) is 0 Å². The normalized spacial score (nSPS) is 26.9. The second-order valence-corrected chi connectivity index (χ2v) is 4.85. The first-order valence-corrected chi connectivity index (χ1v) is 6.07. The van der Waals surface area contributed by atoms with Crippen molar-refractivity contribution >= 4 is 0 Å². The minimum Gasteiger partial charge on any atom is -0.376 e. The van der Waals surface area contributed by atoms with Crippen LogP contribution in [-0.4, -0.2) is 30.2 Å². The van der Waals surface area contributed by atoms with Crippen molar-refractivity contribution in [3.8, 4) is 0 Å². The molecule has 1 aromatic rings. The lowest BCUT2D eigenvalue weighted by Crippen LogP contribution is -2.46. The summed E-state index contributed by atoms with van der Waals surface area (Å²) in [5.41, 5.74) is 2.82. The summed E-state index contributed by atoms with van der Waals surface area (Å²) in [4.78, 5) is 2.51. The highest BCUT2D eigenvalue weighted by atomic mass is 16.5. The molecule has 0 N–H and O–H groups in total. The molecule has 16 heavy (non-hydrogen) atoms. The smallest absolute Gasteiger partial charge is 0.0674 e. The van der Waals surface area contributed by atoms with Crippen LogP contribution < -0.4 is 0 Å². The van der Waals surface area contributed by atoms with E-state index in [1.54, 1.807) is 0 Å². The third-order valence-corrected chi connectivity index (χ3v) is 3.37. The highest BCUT2D eigenvalue weighted by Gasteiger charge is 2.23. The first kappa shape index (κ1) is 11.6. The van der Waals surface area contributed by atoms with E-state index < -0.39 is 0 Å². The number of nitrogens with zero attached hydrogens (tertiary/aromatic N) is 1. The largest absolute Gasteiger partial charge is 0.376 e. The Morgan fingerprint density at radius 2 is 2.06 bits per heavy atom. The zero-order valence-corrected chi connectivity index (χ0v) is 10.4. The van der Waals surface area contributed by atoms with E-state index in [0.29, 0.717) is 12.1 Å². The van der Waals surface area contributed by atoms with Gasteiger partial charge in [0.2, 0.25) is 0 Å². The molecular formula is C14H21NO. The molecule has 2 rings (SSSR count). The van der Waals surface area contributed by atoms with E-state index in [0.717, 1.165) is 19.7 Å². The monoisotopic (exact) mass is 219 g/mol. The van der Waals surface area contributed by atoms with Gasteiger partial charge in [-0.3, -0.25) is 4.90 Å². The highest BCUT2D eigenvalue weighted by Crippen LogP contribution is 2.17. The maximum atomic E-state index is 5.65. The summed E-state index contributed by atoms with van der Waals surface area (Å²) in [5.74, 6) is 0. The predicted octanol–water partition coefficient (Wildman–Crippen LogP) is 2.60. The number of aryl methyl sites for hydroxylation is 1. The Hall–Kier alpha value is -0.860. The summed E-state index contributed by atoms with van der Waals surface area (Å²) < 4.78 is 5.65. The Kier molecular flexibility index (Phi) is 3.62. The summed E-state index contributed by atoms with van der Waals surface area (Å²) in [6.45, 7) is 9.51. The molecule has 0 aliphatic carbocycles. The van der Waals surface area contributed by atoms with Gasteiger partial charge in [-0.25, -0.2) is 0 Å². The molecule has 0 radical (unpaired) electrons. The van der Waals surface area contributed by atoms with Crippen LogP contribution in [0.3, 0.4) is 0 Å². The van der Waals surface area contributed by atoms with Crippen molar-refractivity contribution in [1.82, 2.24) is 4.90 Å². The van der Waals surface area contributed by atoms with Crippen molar-refractivity contribution < 1.29 is 4.74 Å². The van der Waals surface area contributed by atoms with Crippen LogP contribution in [0.1, 0.15) is 25.0 Å². The molecule has 1 aliphatic heterocycles. The van der Waals surface area contributed by atoms with E-state index in [9.17, 15) is 0 Å². The van der Waals surface area contributed by atoms with Crippen molar-refractivity contribution in [2.75, 3.05) is 13.2 Å². The van der Waals surface area contributed by atoms with Crippen molar-refractivity contribution in [3.63, 3.8) is 0 Å². The Morgan fingerprint density at radius 1 is 1.31 bits per heavy atom. The molecule has 1 aliphatic rings. The average Bonchev–Trinajstić information content (AvgIpc) is 2.27. The Labute approximate surface area is 98.2 Å². The van der Waals surface area contributed by atoms with E-state index in [1.165, 1.54) is 11.1 Å². The van der Waals surface area contributed by atoms with Crippen molar-refractivity contribution in [1.29, 1.82) is 0 Å². The van der Waals surface area contributed by atoms with E-state index in [4.69, 9.17) is 4.74 Å². The third-order valence-electron chi connectivity index (χ3n) is 3.37. The molecule has 0 amide bonds. The molecule has 1 saturated heterocycles. The molecule has 2 heteroatoms. The third kappa shape index (κ3) is 2.63. The standard InChI is InChI=1S/C14H21NO/c1-11-6-4-5-7-14(11)9-15-8-13(3)16-10-12(15)2/h4-7,12-13H,8-10H2,1-3H3. The van der Waals surface area contributed by atoms with Gasteiger partial charge < -0.3 is 4.74 Å². The average molecular weight is 219 g/mol. The van der Waals surface area contributed by atoms with Crippen LogP contribution in [0.4, 0.5) is 0 Å². The Morgan fingerprint density at radius 3 is 2.81 bits per heavy atom. The maximum Gasteiger partial charge on any atom is 0.0674 e. The van der Waals surface area contributed by atoms with E-state index in [2.05, 4.69) is 49.9 Å². The van der Waals surface area contributed by atoms with Gasteiger partial charge in [-0.1, -0.05) is 24.3 Å². The van der Waals surface area contributed by atoms with Gasteiger partial charge in [0.15, 0.2) is 0 Å². The van der Waals surface area contributed by atoms with Crippen LogP contribution >= 0.6 is 0 Å². The number of rotatable bonds is 2. The van der Waals surface area contributed by atoms with Crippen LogP contribution in [-0.2, 0) is 11.3 Å². The minimum atomic E-state index is 0.361. The molecular weight excluding hydrogens is 198 g/mol. The zero-order valence-electron chi connectivity index (χ0n) is 10.4. The van der Waals surface area contributed by atoms with Crippen LogP contribution in [0.2, 0.25) is 0 Å². The lowest BCUT2D eigenvalue weighted by Gasteiger charge is -2.37. The summed E-state index contributed by atoms with van der Waals surface area (Å²) in [5, 5.41) is 0. The first-order valence-electron chi connectivity index (χ1n) is 6.07. The SMILES string of the molecule is Cc1ccccc1CN1CC(C)OCC1C. The van der Waals surface area contributed by atoms with E-state index in [-0.39, 0.29) is 0 Å².